The van der Waals surface area contributed by atoms with Crippen LogP contribution < -0.4 is 21.5 Å². The highest BCUT2D eigenvalue weighted by molar-refractivity contribution is 7.99. The van der Waals surface area contributed by atoms with Crippen molar-refractivity contribution in [3.05, 3.63) is 75.2 Å². The summed E-state index contributed by atoms with van der Waals surface area (Å²) >= 11 is 1.06. The van der Waals surface area contributed by atoms with Crippen LogP contribution >= 0.6 is 11.8 Å². The summed E-state index contributed by atoms with van der Waals surface area (Å²) in [5.41, 5.74) is 3.46. The van der Waals surface area contributed by atoms with Crippen LogP contribution in [-0.4, -0.2) is 33.1 Å². The molecule has 0 aliphatic heterocycles. The number of aromatic nitrogens is 3. The number of aryl methyl sites for hydroxylation is 2. The standard InChI is InChI=1S/C22H25N5O3S/c1-4-30-17-9-7-16(8-10-17)12-19-21(29)27(23)22(26-25-19)31-13-20(28)24-18-11-14(2)5-6-15(18)3/h5-11H,4,12-13,23H2,1-3H3,(H,24,28). The lowest BCUT2D eigenvalue weighted by molar-refractivity contribution is -0.113. The number of benzene rings is 2. The molecule has 0 radical (unpaired) electrons. The van der Waals surface area contributed by atoms with Crippen LogP contribution in [-0.2, 0) is 11.2 Å². The second-order valence-corrected chi connectivity index (χ2v) is 7.96. The smallest absolute Gasteiger partial charge is 0.294 e. The van der Waals surface area contributed by atoms with Crippen LogP contribution in [0.3, 0.4) is 0 Å². The van der Waals surface area contributed by atoms with Gasteiger partial charge in [-0.1, -0.05) is 36.0 Å². The van der Waals surface area contributed by atoms with Gasteiger partial charge in [-0.05, 0) is 55.7 Å². The van der Waals surface area contributed by atoms with E-state index in [1.54, 1.807) is 0 Å². The molecule has 0 saturated carbocycles. The van der Waals surface area contributed by atoms with Gasteiger partial charge in [-0.15, -0.1) is 10.2 Å². The lowest BCUT2D eigenvalue weighted by Gasteiger charge is -2.10. The van der Waals surface area contributed by atoms with Gasteiger partial charge in [0.25, 0.3) is 5.56 Å². The molecule has 9 heteroatoms. The second kappa shape index (κ2) is 10.1. The Morgan fingerprint density at radius 2 is 1.90 bits per heavy atom. The predicted octanol–water partition coefficient (Wildman–Crippen LogP) is 2.69. The molecule has 3 aromatic rings. The van der Waals surface area contributed by atoms with Crippen LogP contribution in [0.25, 0.3) is 0 Å². The van der Waals surface area contributed by atoms with Gasteiger partial charge in [-0.2, -0.15) is 4.68 Å². The Kier molecular flexibility index (Phi) is 7.30. The number of hydrogen-bond acceptors (Lipinski definition) is 7. The fraction of sp³-hybridized carbons (Fsp3) is 0.273. The second-order valence-electron chi connectivity index (χ2n) is 7.01. The molecule has 8 nitrogen and oxygen atoms in total. The summed E-state index contributed by atoms with van der Waals surface area (Å²) in [5.74, 6) is 6.51. The van der Waals surface area contributed by atoms with E-state index in [1.807, 2.05) is 63.2 Å². The Hall–Kier alpha value is -3.33. The Morgan fingerprint density at radius 3 is 2.61 bits per heavy atom. The highest BCUT2D eigenvalue weighted by Gasteiger charge is 2.14. The number of nitrogens with zero attached hydrogens (tertiary/aromatic N) is 3. The van der Waals surface area contributed by atoms with Gasteiger partial charge >= 0.3 is 0 Å². The van der Waals surface area contributed by atoms with Crippen molar-refractivity contribution in [2.45, 2.75) is 32.3 Å². The van der Waals surface area contributed by atoms with Crippen molar-refractivity contribution in [2.24, 2.45) is 0 Å². The molecule has 0 unspecified atom stereocenters. The summed E-state index contributed by atoms with van der Waals surface area (Å²) in [5, 5.41) is 11.1. The maximum Gasteiger partial charge on any atom is 0.294 e. The average Bonchev–Trinajstić information content (AvgIpc) is 2.75. The molecule has 0 saturated heterocycles. The number of nitrogens with two attached hydrogens (primary N) is 1. The zero-order chi connectivity index (χ0) is 22.4. The Balaban J connectivity index is 1.64. The number of hydrogen-bond donors (Lipinski definition) is 2. The van der Waals surface area contributed by atoms with Crippen molar-refractivity contribution in [3.63, 3.8) is 0 Å². The van der Waals surface area contributed by atoms with E-state index in [-0.39, 0.29) is 22.5 Å². The van der Waals surface area contributed by atoms with Crippen LogP contribution in [0.1, 0.15) is 29.3 Å². The molecule has 0 aliphatic carbocycles. The summed E-state index contributed by atoms with van der Waals surface area (Å²) in [7, 11) is 0. The number of nitrogens with one attached hydrogen (secondary N) is 1. The number of thioether (sulfide) groups is 1. The first-order valence-corrected chi connectivity index (χ1v) is 10.8. The van der Waals surface area contributed by atoms with E-state index < -0.39 is 5.56 Å². The summed E-state index contributed by atoms with van der Waals surface area (Å²) < 4.78 is 6.35. The highest BCUT2D eigenvalue weighted by Crippen LogP contribution is 2.18. The van der Waals surface area contributed by atoms with Gasteiger partial charge in [0.15, 0.2) is 0 Å². The van der Waals surface area contributed by atoms with E-state index in [0.717, 1.165) is 44.6 Å². The van der Waals surface area contributed by atoms with Gasteiger partial charge in [0.2, 0.25) is 11.1 Å². The molecule has 2 aromatic carbocycles. The summed E-state index contributed by atoms with van der Waals surface area (Å²) in [6.45, 7) is 6.39. The van der Waals surface area contributed by atoms with Crippen LogP contribution in [0.2, 0.25) is 0 Å². The maximum atomic E-state index is 12.6. The zero-order valence-corrected chi connectivity index (χ0v) is 18.5. The number of nitrogen functional groups attached to an aromatic ring is 1. The molecule has 1 amide bonds. The average molecular weight is 440 g/mol. The number of amides is 1. The fourth-order valence-electron chi connectivity index (χ4n) is 2.88. The minimum atomic E-state index is -0.443. The zero-order valence-electron chi connectivity index (χ0n) is 17.7. The van der Waals surface area contributed by atoms with E-state index in [0.29, 0.717) is 13.0 Å². The molecule has 3 rings (SSSR count). The normalized spacial score (nSPS) is 10.7. The number of carbonyl (C=O) groups is 1. The van der Waals surface area contributed by atoms with E-state index in [4.69, 9.17) is 10.6 Å². The molecule has 3 N–H and O–H groups in total. The van der Waals surface area contributed by atoms with E-state index >= 15 is 0 Å². The van der Waals surface area contributed by atoms with E-state index in [9.17, 15) is 9.59 Å². The third-order valence-corrected chi connectivity index (χ3v) is 5.48. The van der Waals surface area contributed by atoms with Crippen molar-refractivity contribution in [1.82, 2.24) is 14.9 Å². The van der Waals surface area contributed by atoms with Crippen molar-refractivity contribution >= 4 is 23.4 Å². The minimum absolute atomic E-state index is 0.0525. The lowest BCUT2D eigenvalue weighted by atomic mass is 10.1. The minimum Gasteiger partial charge on any atom is -0.494 e. The molecule has 0 fully saturated rings. The number of ether oxygens (including phenoxy) is 1. The lowest BCUT2D eigenvalue weighted by Crippen LogP contribution is -2.34. The van der Waals surface area contributed by atoms with E-state index in [1.165, 1.54) is 0 Å². The molecule has 31 heavy (non-hydrogen) atoms. The number of carbonyl (C=O) groups excluding carboxylic acids is 1. The molecule has 0 aliphatic rings. The monoisotopic (exact) mass is 439 g/mol. The van der Waals surface area contributed by atoms with Gasteiger partial charge in [-0.3, -0.25) is 9.59 Å². The fourth-order valence-corrected chi connectivity index (χ4v) is 3.53. The molecule has 0 bridgehead atoms. The summed E-state index contributed by atoms with van der Waals surface area (Å²) in [6, 6.07) is 13.3. The van der Waals surface area contributed by atoms with E-state index in [2.05, 4.69) is 15.5 Å². The number of anilines is 1. The van der Waals surface area contributed by atoms with Gasteiger partial charge < -0.3 is 15.9 Å². The van der Waals surface area contributed by atoms with Gasteiger partial charge in [0.05, 0.1) is 12.4 Å². The maximum absolute atomic E-state index is 12.6. The quantitative estimate of drug-likeness (QED) is 0.410. The first-order chi connectivity index (χ1) is 14.9. The molecule has 0 atom stereocenters. The van der Waals surface area contributed by atoms with Gasteiger partial charge in [0.1, 0.15) is 11.4 Å². The van der Waals surface area contributed by atoms with Crippen molar-refractivity contribution in [3.8, 4) is 5.75 Å². The van der Waals surface area contributed by atoms with Crippen molar-refractivity contribution in [2.75, 3.05) is 23.5 Å². The van der Waals surface area contributed by atoms with Crippen LogP contribution in [0.4, 0.5) is 5.69 Å². The van der Waals surface area contributed by atoms with Gasteiger partial charge in [0, 0.05) is 12.1 Å². The molecule has 1 aromatic heterocycles. The number of rotatable bonds is 8. The Labute approximate surface area is 184 Å². The van der Waals surface area contributed by atoms with Crippen molar-refractivity contribution in [1.29, 1.82) is 0 Å². The van der Waals surface area contributed by atoms with Gasteiger partial charge in [-0.25, -0.2) is 0 Å². The highest BCUT2D eigenvalue weighted by atomic mass is 32.2. The first-order valence-electron chi connectivity index (χ1n) is 9.82. The topological polar surface area (TPSA) is 112 Å². The molecule has 162 valence electrons. The third-order valence-electron chi connectivity index (χ3n) is 4.53. The largest absolute Gasteiger partial charge is 0.494 e. The summed E-state index contributed by atoms with van der Waals surface area (Å²) in [4.78, 5) is 24.9. The van der Waals surface area contributed by atoms with Crippen LogP contribution in [0, 0.1) is 13.8 Å². The molecule has 0 spiro atoms. The molecular formula is C22H25N5O3S. The summed E-state index contributed by atoms with van der Waals surface area (Å²) in [6.07, 6.45) is 0.299. The Bertz CT molecular complexity index is 1130. The first kappa shape index (κ1) is 22.4. The molecule has 1 heterocycles. The van der Waals surface area contributed by atoms with Crippen LogP contribution in [0.15, 0.2) is 52.4 Å². The molecular weight excluding hydrogens is 414 g/mol. The van der Waals surface area contributed by atoms with Crippen LogP contribution in [0.5, 0.6) is 5.75 Å². The third kappa shape index (κ3) is 5.85. The Morgan fingerprint density at radius 1 is 1.16 bits per heavy atom. The van der Waals surface area contributed by atoms with Crippen molar-refractivity contribution < 1.29 is 9.53 Å². The SMILES string of the molecule is CCOc1ccc(Cc2nnc(SCC(=O)Nc3cc(C)ccc3C)n(N)c2=O)cc1. The predicted molar refractivity (Wildman–Crippen MR) is 122 cm³/mol.